The third-order valence-electron chi connectivity index (χ3n) is 3.23. The molecule has 1 heterocycles. The molecule has 0 aliphatic carbocycles. The van der Waals surface area contributed by atoms with E-state index in [0.717, 1.165) is 13.0 Å². The minimum atomic E-state index is -0.551. The molecule has 6 heteroatoms. The molecule has 106 valence electrons. The van der Waals surface area contributed by atoms with Gasteiger partial charge in [0.05, 0.1) is 5.56 Å². The summed E-state index contributed by atoms with van der Waals surface area (Å²) in [7, 11) is 1.89. The van der Waals surface area contributed by atoms with Gasteiger partial charge in [-0.3, -0.25) is 4.79 Å². The first-order valence-corrected chi connectivity index (χ1v) is 6.38. The lowest BCUT2D eigenvalue weighted by Crippen LogP contribution is -2.30. The van der Waals surface area contributed by atoms with E-state index in [1.807, 2.05) is 7.05 Å². The fraction of sp³-hybridized carbons (Fsp3) is 0.462. The van der Waals surface area contributed by atoms with Crippen molar-refractivity contribution in [3.05, 3.63) is 34.6 Å². The number of hydrogen-bond donors (Lipinski definition) is 1. The lowest BCUT2D eigenvalue weighted by atomic mass is 10.1. The van der Waals surface area contributed by atoms with Crippen molar-refractivity contribution < 1.29 is 9.18 Å². The molecular formula is C13H17Cl2FN2O. The van der Waals surface area contributed by atoms with E-state index in [-0.39, 0.29) is 23.9 Å². The van der Waals surface area contributed by atoms with Crippen LogP contribution >= 0.6 is 24.0 Å². The highest BCUT2D eigenvalue weighted by Crippen LogP contribution is 2.21. The van der Waals surface area contributed by atoms with Crippen LogP contribution in [0.5, 0.6) is 0 Å². The van der Waals surface area contributed by atoms with Gasteiger partial charge in [-0.05, 0) is 44.1 Å². The smallest absolute Gasteiger partial charge is 0.256 e. The fourth-order valence-corrected chi connectivity index (χ4v) is 2.46. The number of nitrogens with one attached hydrogen (secondary N) is 1. The molecule has 1 saturated heterocycles. The van der Waals surface area contributed by atoms with Crippen LogP contribution in [0.1, 0.15) is 16.8 Å². The number of carbonyl (C=O) groups excluding carboxylic acids is 1. The third kappa shape index (κ3) is 3.81. The number of halogens is 3. The second kappa shape index (κ2) is 7.08. The second-order valence-corrected chi connectivity index (χ2v) is 5.02. The highest BCUT2D eigenvalue weighted by Gasteiger charge is 2.27. The lowest BCUT2D eigenvalue weighted by Gasteiger charge is -2.17. The van der Waals surface area contributed by atoms with Gasteiger partial charge in [-0.15, -0.1) is 12.4 Å². The molecule has 0 aromatic heterocycles. The molecule has 0 bridgehead atoms. The van der Waals surface area contributed by atoms with Crippen LogP contribution in [0.3, 0.4) is 0 Å². The maximum atomic E-state index is 13.7. The minimum absolute atomic E-state index is 0. The molecule has 1 aromatic rings. The van der Waals surface area contributed by atoms with Gasteiger partial charge < -0.3 is 10.2 Å². The van der Waals surface area contributed by atoms with Crippen molar-refractivity contribution in [1.82, 2.24) is 10.2 Å². The van der Waals surface area contributed by atoms with Gasteiger partial charge in [0.2, 0.25) is 0 Å². The van der Waals surface area contributed by atoms with Gasteiger partial charge in [0.1, 0.15) is 5.82 Å². The molecule has 1 aliphatic rings. The van der Waals surface area contributed by atoms with Gasteiger partial charge in [-0.2, -0.15) is 0 Å². The average molecular weight is 307 g/mol. The Morgan fingerprint density at radius 1 is 1.58 bits per heavy atom. The molecule has 1 amide bonds. The summed E-state index contributed by atoms with van der Waals surface area (Å²) in [6, 6.07) is 4.17. The van der Waals surface area contributed by atoms with Crippen LogP contribution in [0.4, 0.5) is 4.39 Å². The molecule has 1 atom stereocenters. The summed E-state index contributed by atoms with van der Waals surface area (Å²) in [5, 5.41) is 3.40. The van der Waals surface area contributed by atoms with Crippen molar-refractivity contribution >= 4 is 29.9 Å². The third-order valence-corrected chi connectivity index (χ3v) is 3.46. The van der Waals surface area contributed by atoms with Crippen molar-refractivity contribution in [2.75, 3.05) is 26.7 Å². The van der Waals surface area contributed by atoms with Gasteiger partial charge in [-0.25, -0.2) is 4.39 Å². The first-order chi connectivity index (χ1) is 8.61. The molecule has 0 saturated carbocycles. The summed E-state index contributed by atoms with van der Waals surface area (Å²) in [5.74, 6) is -0.346. The zero-order valence-corrected chi connectivity index (χ0v) is 12.2. The number of likely N-dealkylation sites (tertiary alicyclic amines) is 1. The average Bonchev–Trinajstić information content (AvgIpc) is 2.77. The Kier molecular flexibility index (Phi) is 6.04. The van der Waals surface area contributed by atoms with E-state index in [4.69, 9.17) is 11.6 Å². The number of rotatable bonds is 3. The summed E-state index contributed by atoms with van der Waals surface area (Å²) in [4.78, 5) is 13.9. The molecule has 1 aromatic carbocycles. The van der Waals surface area contributed by atoms with E-state index in [2.05, 4.69) is 5.32 Å². The largest absolute Gasteiger partial charge is 0.338 e. The fourth-order valence-electron chi connectivity index (χ4n) is 2.31. The Morgan fingerprint density at radius 3 is 2.95 bits per heavy atom. The monoisotopic (exact) mass is 306 g/mol. The van der Waals surface area contributed by atoms with Crippen molar-refractivity contribution in [1.29, 1.82) is 0 Å². The van der Waals surface area contributed by atoms with E-state index in [1.54, 1.807) is 11.0 Å². The Bertz CT molecular complexity index is 456. The molecule has 19 heavy (non-hydrogen) atoms. The molecule has 2 rings (SSSR count). The van der Waals surface area contributed by atoms with Crippen LogP contribution in [-0.2, 0) is 0 Å². The van der Waals surface area contributed by atoms with Gasteiger partial charge in [0, 0.05) is 18.1 Å². The Labute approximate surface area is 123 Å². The SMILES string of the molecule is CNCC1CCN(C(=O)c2ccc(Cl)cc2F)C1.Cl. The number of carbonyl (C=O) groups is 1. The van der Waals surface area contributed by atoms with Crippen molar-refractivity contribution in [2.24, 2.45) is 5.92 Å². The predicted octanol–water partition coefficient (Wildman–Crippen LogP) is 2.58. The zero-order valence-electron chi connectivity index (χ0n) is 10.7. The summed E-state index contributed by atoms with van der Waals surface area (Å²) >= 11 is 5.67. The lowest BCUT2D eigenvalue weighted by molar-refractivity contribution is 0.0782. The molecule has 0 spiro atoms. The van der Waals surface area contributed by atoms with Crippen LogP contribution in [0.2, 0.25) is 5.02 Å². The molecular weight excluding hydrogens is 290 g/mol. The highest BCUT2D eigenvalue weighted by atomic mass is 35.5. The van der Waals surface area contributed by atoms with Crippen LogP contribution in [0.15, 0.2) is 18.2 Å². The summed E-state index contributed by atoms with van der Waals surface area (Å²) < 4.78 is 13.7. The van der Waals surface area contributed by atoms with E-state index in [9.17, 15) is 9.18 Å². The van der Waals surface area contributed by atoms with Crippen molar-refractivity contribution in [2.45, 2.75) is 6.42 Å². The van der Waals surface area contributed by atoms with Crippen LogP contribution in [0, 0.1) is 11.7 Å². The number of hydrogen-bond acceptors (Lipinski definition) is 2. The molecule has 1 aliphatic heterocycles. The highest BCUT2D eigenvalue weighted by molar-refractivity contribution is 6.30. The molecule has 3 nitrogen and oxygen atoms in total. The van der Waals surface area contributed by atoms with Gasteiger partial charge in [0.15, 0.2) is 0 Å². The van der Waals surface area contributed by atoms with Crippen LogP contribution < -0.4 is 5.32 Å². The molecule has 1 N–H and O–H groups in total. The first-order valence-electron chi connectivity index (χ1n) is 6.00. The standard InChI is InChI=1S/C13H16ClFN2O.ClH/c1-16-7-9-4-5-17(8-9)13(18)11-3-2-10(14)6-12(11)15;/h2-3,6,9,16H,4-5,7-8H2,1H3;1H. The summed E-state index contributed by atoms with van der Waals surface area (Å²) in [5.41, 5.74) is 0.101. The van der Waals surface area contributed by atoms with E-state index >= 15 is 0 Å². The maximum absolute atomic E-state index is 13.7. The number of amides is 1. The Morgan fingerprint density at radius 2 is 2.32 bits per heavy atom. The molecule has 0 radical (unpaired) electrons. The summed E-state index contributed by atoms with van der Waals surface area (Å²) in [6.45, 7) is 2.25. The second-order valence-electron chi connectivity index (χ2n) is 4.59. The first kappa shape index (κ1) is 16.2. The normalized spacial score (nSPS) is 18.3. The molecule has 1 fully saturated rings. The zero-order chi connectivity index (χ0) is 13.1. The van der Waals surface area contributed by atoms with Crippen molar-refractivity contribution in [3.8, 4) is 0 Å². The van der Waals surface area contributed by atoms with E-state index in [1.165, 1.54) is 12.1 Å². The quantitative estimate of drug-likeness (QED) is 0.931. The Balaban J connectivity index is 0.00000180. The maximum Gasteiger partial charge on any atom is 0.256 e. The van der Waals surface area contributed by atoms with Gasteiger partial charge in [0.25, 0.3) is 5.91 Å². The number of benzene rings is 1. The Hall–Kier alpha value is -0.840. The van der Waals surface area contributed by atoms with Crippen LogP contribution in [0.25, 0.3) is 0 Å². The van der Waals surface area contributed by atoms with E-state index < -0.39 is 5.82 Å². The van der Waals surface area contributed by atoms with E-state index in [0.29, 0.717) is 24.0 Å². The topological polar surface area (TPSA) is 32.3 Å². The van der Waals surface area contributed by atoms with Gasteiger partial charge in [-0.1, -0.05) is 11.6 Å². The minimum Gasteiger partial charge on any atom is -0.338 e. The van der Waals surface area contributed by atoms with Crippen LogP contribution in [-0.4, -0.2) is 37.5 Å². The predicted molar refractivity (Wildman–Crippen MR) is 76.6 cm³/mol. The van der Waals surface area contributed by atoms with Gasteiger partial charge >= 0.3 is 0 Å². The number of nitrogens with zero attached hydrogens (tertiary/aromatic N) is 1. The van der Waals surface area contributed by atoms with Crippen molar-refractivity contribution in [3.63, 3.8) is 0 Å². The summed E-state index contributed by atoms with van der Waals surface area (Å²) in [6.07, 6.45) is 0.960. The molecule has 1 unspecified atom stereocenters.